The maximum Gasteiger partial charge on any atom is 0.227 e. The minimum Gasteiger partial charge on any atom is -0.354 e. The molecule has 0 aliphatic carbocycles. The highest BCUT2D eigenvalue weighted by Crippen LogP contribution is 2.27. The van der Waals surface area contributed by atoms with Crippen LogP contribution in [-0.2, 0) is 17.6 Å². The van der Waals surface area contributed by atoms with E-state index < -0.39 is 0 Å². The fourth-order valence-electron chi connectivity index (χ4n) is 5.05. The first kappa shape index (κ1) is 23.9. The van der Waals surface area contributed by atoms with Gasteiger partial charge in [-0.1, -0.05) is 78.9 Å². The molecule has 1 amide bonds. The molecular formula is C31H30N6O. The second-order valence-electron chi connectivity index (χ2n) is 9.64. The molecule has 190 valence electrons. The van der Waals surface area contributed by atoms with Crippen molar-refractivity contribution < 1.29 is 4.79 Å². The Bertz CT molecular complexity index is 1520. The van der Waals surface area contributed by atoms with Crippen LogP contribution in [0.2, 0.25) is 0 Å². The van der Waals surface area contributed by atoms with E-state index in [1.807, 2.05) is 94.6 Å². The van der Waals surface area contributed by atoms with Gasteiger partial charge < -0.3 is 9.80 Å². The number of carbonyl (C=O) groups is 1. The van der Waals surface area contributed by atoms with Gasteiger partial charge in [0.1, 0.15) is 11.6 Å². The topological polar surface area (TPSA) is 67.2 Å². The smallest absolute Gasteiger partial charge is 0.227 e. The van der Waals surface area contributed by atoms with Gasteiger partial charge in [0.05, 0.1) is 23.7 Å². The SMILES string of the molecule is O=C(Cc1ccccc1)N1CCCN(c2nc(Cc3ccccc3)nc3c2cnn3-c2ccccc2)CC1. The molecule has 5 aromatic rings. The molecule has 1 saturated heterocycles. The fraction of sp³-hybridized carbons (Fsp3) is 0.226. The van der Waals surface area contributed by atoms with Crippen molar-refractivity contribution in [1.82, 2.24) is 24.6 Å². The summed E-state index contributed by atoms with van der Waals surface area (Å²) in [6, 6.07) is 30.3. The molecule has 0 unspecified atom stereocenters. The van der Waals surface area contributed by atoms with Crippen molar-refractivity contribution in [2.24, 2.45) is 0 Å². The van der Waals surface area contributed by atoms with Crippen molar-refractivity contribution in [1.29, 1.82) is 0 Å². The third kappa shape index (κ3) is 5.13. The van der Waals surface area contributed by atoms with Gasteiger partial charge in [0.25, 0.3) is 0 Å². The number of para-hydroxylation sites is 1. The third-order valence-corrected chi connectivity index (χ3v) is 7.01. The molecule has 1 fully saturated rings. The lowest BCUT2D eigenvalue weighted by molar-refractivity contribution is -0.130. The van der Waals surface area contributed by atoms with Gasteiger partial charge in [-0.15, -0.1) is 0 Å². The summed E-state index contributed by atoms with van der Waals surface area (Å²) < 4.78 is 1.89. The summed E-state index contributed by atoms with van der Waals surface area (Å²) in [5.74, 6) is 1.82. The van der Waals surface area contributed by atoms with E-state index in [1.54, 1.807) is 0 Å². The highest BCUT2D eigenvalue weighted by Gasteiger charge is 2.23. The molecule has 7 heteroatoms. The van der Waals surface area contributed by atoms with E-state index >= 15 is 0 Å². The molecule has 0 spiro atoms. The fourth-order valence-corrected chi connectivity index (χ4v) is 5.05. The normalized spacial score (nSPS) is 14.0. The molecule has 3 aromatic carbocycles. The Morgan fingerprint density at radius 2 is 1.42 bits per heavy atom. The molecule has 0 atom stereocenters. The van der Waals surface area contributed by atoms with Crippen LogP contribution >= 0.6 is 0 Å². The van der Waals surface area contributed by atoms with Crippen molar-refractivity contribution in [3.05, 3.63) is 114 Å². The molecular weight excluding hydrogens is 472 g/mol. The van der Waals surface area contributed by atoms with Crippen molar-refractivity contribution in [2.75, 3.05) is 31.1 Å². The predicted molar refractivity (Wildman–Crippen MR) is 149 cm³/mol. The zero-order chi connectivity index (χ0) is 25.7. The lowest BCUT2D eigenvalue weighted by Crippen LogP contribution is -2.36. The Balaban J connectivity index is 1.31. The van der Waals surface area contributed by atoms with Crippen LogP contribution in [0.25, 0.3) is 16.7 Å². The van der Waals surface area contributed by atoms with Gasteiger partial charge in [-0.25, -0.2) is 14.6 Å². The number of hydrogen-bond acceptors (Lipinski definition) is 5. The minimum absolute atomic E-state index is 0.174. The maximum atomic E-state index is 13.1. The van der Waals surface area contributed by atoms with E-state index in [2.05, 4.69) is 17.0 Å². The Morgan fingerprint density at radius 1 is 0.737 bits per heavy atom. The monoisotopic (exact) mass is 502 g/mol. The van der Waals surface area contributed by atoms with E-state index in [0.29, 0.717) is 25.9 Å². The largest absolute Gasteiger partial charge is 0.354 e. The first-order valence-corrected chi connectivity index (χ1v) is 13.2. The number of aromatic nitrogens is 4. The average molecular weight is 503 g/mol. The van der Waals surface area contributed by atoms with E-state index in [0.717, 1.165) is 59.0 Å². The van der Waals surface area contributed by atoms with Crippen LogP contribution in [0.1, 0.15) is 23.4 Å². The summed E-state index contributed by atoms with van der Waals surface area (Å²) >= 11 is 0. The third-order valence-electron chi connectivity index (χ3n) is 7.01. The van der Waals surface area contributed by atoms with Crippen LogP contribution < -0.4 is 4.90 Å². The highest BCUT2D eigenvalue weighted by molar-refractivity contribution is 5.88. The summed E-state index contributed by atoms with van der Waals surface area (Å²) in [7, 11) is 0. The molecule has 0 saturated carbocycles. The number of carbonyl (C=O) groups excluding carboxylic acids is 1. The number of amides is 1. The van der Waals surface area contributed by atoms with Crippen molar-refractivity contribution >= 4 is 22.8 Å². The number of rotatable bonds is 6. The van der Waals surface area contributed by atoms with Gasteiger partial charge in [-0.2, -0.15) is 5.10 Å². The standard InChI is InChI=1S/C31H30N6O/c38-29(22-25-13-6-2-7-14-25)35-17-10-18-36(20-19-35)30-27-23-32-37(26-15-8-3-9-16-26)31(27)34-28(33-30)21-24-11-4-1-5-12-24/h1-9,11-16,23H,10,17-22H2. The molecule has 1 aliphatic heterocycles. The van der Waals surface area contributed by atoms with E-state index in [4.69, 9.17) is 15.1 Å². The number of nitrogens with zero attached hydrogens (tertiary/aromatic N) is 6. The van der Waals surface area contributed by atoms with Crippen molar-refractivity contribution in [3.63, 3.8) is 0 Å². The molecule has 2 aromatic heterocycles. The van der Waals surface area contributed by atoms with Gasteiger partial charge in [-0.3, -0.25) is 4.79 Å². The van der Waals surface area contributed by atoms with Crippen LogP contribution in [0.3, 0.4) is 0 Å². The summed E-state index contributed by atoms with van der Waals surface area (Å²) in [6.45, 7) is 2.95. The molecule has 3 heterocycles. The van der Waals surface area contributed by atoms with Gasteiger partial charge >= 0.3 is 0 Å². The van der Waals surface area contributed by atoms with Gasteiger partial charge in [-0.05, 0) is 29.7 Å². The second-order valence-corrected chi connectivity index (χ2v) is 9.64. The Hall–Kier alpha value is -4.52. The first-order chi connectivity index (χ1) is 18.7. The minimum atomic E-state index is 0.174. The van der Waals surface area contributed by atoms with Gasteiger partial charge in [0.15, 0.2) is 5.65 Å². The van der Waals surface area contributed by atoms with Crippen LogP contribution in [0.15, 0.2) is 97.2 Å². The Labute approximate surface area is 222 Å². The highest BCUT2D eigenvalue weighted by atomic mass is 16.2. The first-order valence-electron chi connectivity index (χ1n) is 13.2. The molecule has 0 bridgehead atoms. The van der Waals surface area contributed by atoms with Gasteiger partial charge in [0.2, 0.25) is 5.91 Å². The Morgan fingerprint density at radius 3 is 2.16 bits per heavy atom. The summed E-state index contributed by atoms with van der Waals surface area (Å²) in [5.41, 5.74) is 3.98. The van der Waals surface area contributed by atoms with E-state index in [9.17, 15) is 4.79 Å². The molecule has 7 nitrogen and oxygen atoms in total. The van der Waals surface area contributed by atoms with Crippen LogP contribution in [0.5, 0.6) is 0 Å². The Kier molecular flexibility index (Phi) is 6.81. The zero-order valence-electron chi connectivity index (χ0n) is 21.3. The second kappa shape index (κ2) is 10.8. The molecule has 38 heavy (non-hydrogen) atoms. The quantitative estimate of drug-likeness (QED) is 0.337. The van der Waals surface area contributed by atoms with Crippen LogP contribution in [-0.4, -0.2) is 56.7 Å². The average Bonchev–Trinajstić information content (AvgIpc) is 3.22. The molecule has 1 aliphatic rings. The number of hydrogen-bond donors (Lipinski definition) is 0. The predicted octanol–water partition coefficient (Wildman–Crippen LogP) is 4.69. The molecule has 0 N–H and O–H groups in total. The van der Waals surface area contributed by atoms with E-state index in [1.165, 1.54) is 0 Å². The van der Waals surface area contributed by atoms with Crippen molar-refractivity contribution in [2.45, 2.75) is 19.3 Å². The van der Waals surface area contributed by atoms with Crippen LogP contribution in [0, 0.1) is 0 Å². The number of benzene rings is 3. The molecule has 6 rings (SSSR count). The summed E-state index contributed by atoms with van der Waals surface area (Å²) in [5, 5.41) is 5.63. The lowest BCUT2D eigenvalue weighted by Gasteiger charge is -2.24. The number of fused-ring (bicyclic) bond motifs is 1. The summed E-state index contributed by atoms with van der Waals surface area (Å²) in [4.78, 5) is 27.4. The van der Waals surface area contributed by atoms with E-state index in [-0.39, 0.29) is 5.91 Å². The zero-order valence-corrected chi connectivity index (χ0v) is 21.3. The van der Waals surface area contributed by atoms with Crippen molar-refractivity contribution in [3.8, 4) is 5.69 Å². The number of anilines is 1. The maximum absolute atomic E-state index is 13.1. The summed E-state index contributed by atoms with van der Waals surface area (Å²) in [6.07, 6.45) is 3.82. The van der Waals surface area contributed by atoms with Crippen LogP contribution in [0.4, 0.5) is 5.82 Å². The molecule has 0 radical (unpaired) electrons. The van der Waals surface area contributed by atoms with Gasteiger partial charge in [0, 0.05) is 32.6 Å². The lowest BCUT2D eigenvalue weighted by atomic mass is 10.1.